The lowest BCUT2D eigenvalue weighted by Gasteiger charge is -2.12. The molecule has 0 aliphatic carbocycles. The van der Waals surface area contributed by atoms with Crippen LogP contribution < -0.4 is 0 Å². The summed E-state index contributed by atoms with van der Waals surface area (Å²) in [5, 5.41) is 20.6. The number of hydrogen-bond acceptors (Lipinski definition) is 4. The van der Waals surface area contributed by atoms with Gasteiger partial charge in [-0.25, -0.2) is 4.39 Å². The molecule has 1 N–H and O–H groups in total. The van der Waals surface area contributed by atoms with E-state index in [9.17, 15) is 19.6 Å². The molecule has 6 heteroatoms. The Morgan fingerprint density at radius 1 is 1.25 bits per heavy atom. The molecule has 20 heavy (non-hydrogen) atoms. The molecule has 0 spiro atoms. The van der Waals surface area contributed by atoms with Crippen molar-refractivity contribution in [3.05, 3.63) is 64.0 Å². The van der Waals surface area contributed by atoms with Crippen LogP contribution in [-0.2, 0) is 0 Å². The quantitative estimate of drug-likeness (QED) is 0.685. The highest BCUT2D eigenvalue weighted by Crippen LogP contribution is 2.39. The summed E-state index contributed by atoms with van der Waals surface area (Å²) in [4.78, 5) is 11.0. The van der Waals surface area contributed by atoms with Gasteiger partial charge >= 0.3 is 0 Å². The monoisotopic (exact) mass is 293 g/mol. The maximum atomic E-state index is 13.9. The fraction of sp³-hybridized carbons (Fsp3) is 0.143. The van der Waals surface area contributed by atoms with Gasteiger partial charge in [-0.3, -0.25) is 10.1 Å². The molecule has 0 saturated carbocycles. The van der Waals surface area contributed by atoms with E-state index in [2.05, 4.69) is 0 Å². The van der Waals surface area contributed by atoms with Gasteiger partial charge in [-0.15, -0.1) is 0 Å². The predicted molar refractivity (Wildman–Crippen MR) is 74.3 cm³/mol. The molecule has 0 aliphatic rings. The SMILES string of the molecule is C[C@@H](O)c1cccc(F)c1Sc1ccccc1[N+](=O)[O-]. The summed E-state index contributed by atoms with van der Waals surface area (Å²) in [5.74, 6) is -0.508. The van der Waals surface area contributed by atoms with E-state index < -0.39 is 16.8 Å². The number of nitro groups is 1. The lowest BCUT2D eigenvalue weighted by molar-refractivity contribution is -0.387. The van der Waals surface area contributed by atoms with Crippen molar-refractivity contribution in [1.29, 1.82) is 0 Å². The van der Waals surface area contributed by atoms with E-state index in [1.54, 1.807) is 24.3 Å². The van der Waals surface area contributed by atoms with Crippen LogP contribution in [0.25, 0.3) is 0 Å². The molecule has 4 nitrogen and oxygen atoms in total. The van der Waals surface area contributed by atoms with E-state index in [-0.39, 0.29) is 10.6 Å². The van der Waals surface area contributed by atoms with Crippen LogP contribution in [0.15, 0.2) is 52.3 Å². The molecule has 0 fully saturated rings. The lowest BCUT2D eigenvalue weighted by atomic mass is 10.1. The smallest absolute Gasteiger partial charge is 0.283 e. The Hall–Kier alpha value is -1.92. The first-order valence-corrected chi connectivity index (χ1v) is 6.70. The minimum Gasteiger partial charge on any atom is -0.389 e. The van der Waals surface area contributed by atoms with Crippen LogP contribution in [0.4, 0.5) is 10.1 Å². The molecule has 0 saturated heterocycles. The second-order valence-electron chi connectivity index (χ2n) is 4.16. The summed E-state index contributed by atoms with van der Waals surface area (Å²) in [6.07, 6.45) is -0.851. The highest BCUT2D eigenvalue weighted by Gasteiger charge is 2.19. The standard InChI is InChI=1S/C14H12FNO3S/c1-9(17)10-5-4-6-11(15)14(10)20-13-8-3-2-7-12(13)16(18)19/h2-9,17H,1H3/t9-/m1/s1. The van der Waals surface area contributed by atoms with E-state index in [0.29, 0.717) is 10.5 Å². The maximum Gasteiger partial charge on any atom is 0.283 e. The van der Waals surface area contributed by atoms with Crippen molar-refractivity contribution in [3.8, 4) is 0 Å². The van der Waals surface area contributed by atoms with Crippen LogP contribution in [0.3, 0.4) is 0 Å². The zero-order valence-corrected chi connectivity index (χ0v) is 11.4. The van der Waals surface area contributed by atoms with E-state index in [4.69, 9.17) is 0 Å². The highest BCUT2D eigenvalue weighted by atomic mass is 32.2. The number of aliphatic hydroxyl groups excluding tert-OH is 1. The second kappa shape index (κ2) is 6.02. The topological polar surface area (TPSA) is 63.4 Å². The number of rotatable bonds is 4. The largest absolute Gasteiger partial charge is 0.389 e. The third-order valence-electron chi connectivity index (χ3n) is 2.72. The third kappa shape index (κ3) is 2.97. The van der Waals surface area contributed by atoms with Crippen molar-refractivity contribution < 1.29 is 14.4 Å². The number of nitrogens with zero attached hydrogens (tertiary/aromatic N) is 1. The molecule has 0 radical (unpaired) electrons. The molecule has 0 unspecified atom stereocenters. The zero-order valence-electron chi connectivity index (χ0n) is 10.6. The molecule has 0 aliphatic heterocycles. The molecule has 2 aromatic rings. The Morgan fingerprint density at radius 3 is 2.60 bits per heavy atom. The lowest BCUT2D eigenvalue weighted by Crippen LogP contribution is -1.97. The van der Waals surface area contributed by atoms with Crippen LogP contribution in [0.1, 0.15) is 18.6 Å². The second-order valence-corrected chi connectivity index (χ2v) is 5.21. The first-order chi connectivity index (χ1) is 9.50. The van der Waals surface area contributed by atoms with Crippen LogP contribution in [0.2, 0.25) is 0 Å². The predicted octanol–water partition coefficient (Wildman–Crippen LogP) is 3.94. The Morgan fingerprint density at radius 2 is 1.95 bits per heavy atom. The van der Waals surface area contributed by atoms with Crippen LogP contribution in [0.5, 0.6) is 0 Å². The van der Waals surface area contributed by atoms with Crippen molar-refractivity contribution in [2.24, 2.45) is 0 Å². The maximum absolute atomic E-state index is 13.9. The number of para-hydroxylation sites is 1. The summed E-state index contributed by atoms with van der Waals surface area (Å²) >= 11 is 0.947. The van der Waals surface area contributed by atoms with E-state index in [1.165, 1.54) is 25.1 Å². The molecule has 0 amide bonds. The molecule has 2 aromatic carbocycles. The Balaban J connectivity index is 2.48. The first kappa shape index (κ1) is 14.5. The number of hydrogen-bond donors (Lipinski definition) is 1. The molecular weight excluding hydrogens is 281 g/mol. The molecule has 0 heterocycles. The Bertz CT molecular complexity index is 646. The van der Waals surface area contributed by atoms with Crippen LogP contribution in [-0.4, -0.2) is 10.0 Å². The third-order valence-corrected chi connectivity index (χ3v) is 3.92. The summed E-state index contributed by atoms with van der Waals surface area (Å²) in [5.41, 5.74) is 0.324. The van der Waals surface area contributed by atoms with Gasteiger partial charge in [-0.2, -0.15) is 0 Å². The minimum absolute atomic E-state index is 0.0858. The Kier molecular flexibility index (Phi) is 4.36. The van der Waals surface area contributed by atoms with Crippen LogP contribution >= 0.6 is 11.8 Å². The van der Waals surface area contributed by atoms with Crippen molar-refractivity contribution in [2.75, 3.05) is 0 Å². The molecular formula is C14H12FNO3S. The minimum atomic E-state index is -0.851. The van der Waals surface area contributed by atoms with Gasteiger partial charge in [0.1, 0.15) is 5.82 Å². The Labute approximate surface area is 119 Å². The van der Waals surface area contributed by atoms with Gasteiger partial charge in [0.15, 0.2) is 0 Å². The van der Waals surface area contributed by atoms with E-state index in [0.717, 1.165) is 11.8 Å². The fourth-order valence-electron chi connectivity index (χ4n) is 1.77. The van der Waals surface area contributed by atoms with E-state index >= 15 is 0 Å². The number of halogens is 1. The van der Waals surface area contributed by atoms with Gasteiger partial charge in [0.05, 0.1) is 20.8 Å². The molecule has 0 aromatic heterocycles. The molecule has 0 bridgehead atoms. The number of nitro benzene ring substituents is 1. The van der Waals surface area contributed by atoms with Crippen molar-refractivity contribution >= 4 is 17.4 Å². The first-order valence-electron chi connectivity index (χ1n) is 5.88. The highest BCUT2D eigenvalue weighted by molar-refractivity contribution is 7.99. The normalized spacial score (nSPS) is 12.2. The van der Waals surface area contributed by atoms with Gasteiger partial charge in [0, 0.05) is 6.07 Å². The van der Waals surface area contributed by atoms with Crippen molar-refractivity contribution in [2.45, 2.75) is 22.8 Å². The molecule has 1 atom stereocenters. The summed E-state index contributed by atoms with van der Waals surface area (Å²) < 4.78 is 13.9. The van der Waals surface area contributed by atoms with Gasteiger partial charge in [0.2, 0.25) is 0 Å². The van der Waals surface area contributed by atoms with E-state index in [1.807, 2.05) is 0 Å². The van der Waals surface area contributed by atoms with Crippen molar-refractivity contribution in [3.63, 3.8) is 0 Å². The van der Waals surface area contributed by atoms with Gasteiger partial charge in [-0.1, -0.05) is 36.0 Å². The number of aliphatic hydroxyl groups is 1. The van der Waals surface area contributed by atoms with Crippen LogP contribution in [0, 0.1) is 15.9 Å². The fourth-order valence-corrected chi connectivity index (χ4v) is 2.90. The van der Waals surface area contributed by atoms with Gasteiger partial charge < -0.3 is 5.11 Å². The zero-order chi connectivity index (χ0) is 14.7. The summed E-state index contributed by atoms with van der Waals surface area (Å²) in [6.45, 7) is 1.53. The average Bonchev–Trinajstić information content (AvgIpc) is 2.41. The van der Waals surface area contributed by atoms with Crippen molar-refractivity contribution in [1.82, 2.24) is 0 Å². The molecule has 104 valence electrons. The summed E-state index contributed by atoms with van der Waals surface area (Å²) in [7, 11) is 0. The van der Waals surface area contributed by atoms with Gasteiger partial charge in [-0.05, 0) is 24.6 Å². The molecule has 2 rings (SSSR count). The number of benzene rings is 2. The van der Waals surface area contributed by atoms with Gasteiger partial charge in [0.25, 0.3) is 5.69 Å². The average molecular weight is 293 g/mol. The summed E-state index contributed by atoms with van der Waals surface area (Å²) in [6, 6.07) is 10.5.